The standard InChI is InChI=1S/C7H7N5O/c8-7-10-6(11-12-7)4-3-9-2-1-5(4)13/h1-3H,(H,9,13)(H3,8,10,11,12). The van der Waals surface area contributed by atoms with Gasteiger partial charge < -0.3 is 10.7 Å². The fourth-order valence-corrected chi connectivity index (χ4v) is 0.996. The zero-order chi connectivity index (χ0) is 9.26. The molecule has 0 bridgehead atoms. The number of anilines is 1. The lowest BCUT2D eigenvalue weighted by molar-refractivity contribution is 1.10. The second kappa shape index (κ2) is 2.74. The van der Waals surface area contributed by atoms with Gasteiger partial charge in [0.25, 0.3) is 0 Å². The van der Waals surface area contributed by atoms with Gasteiger partial charge in [0.15, 0.2) is 11.3 Å². The van der Waals surface area contributed by atoms with Crippen LogP contribution in [0, 0.1) is 0 Å². The van der Waals surface area contributed by atoms with E-state index in [0.717, 1.165) is 0 Å². The third-order valence-electron chi connectivity index (χ3n) is 1.58. The predicted molar refractivity (Wildman–Crippen MR) is 46.9 cm³/mol. The zero-order valence-electron chi connectivity index (χ0n) is 6.61. The van der Waals surface area contributed by atoms with E-state index in [2.05, 4.69) is 20.2 Å². The molecule has 6 heteroatoms. The van der Waals surface area contributed by atoms with Crippen molar-refractivity contribution in [1.82, 2.24) is 20.2 Å². The van der Waals surface area contributed by atoms with Crippen molar-refractivity contribution in [3.05, 3.63) is 28.7 Å². The van der Waals surface area contributed by atoms with Crippen molar-refractivity contribution in [2.45, 2.75) is 0 Å². The molecule has 2 aromatic heterocycles. The van der Waals surface area contributed by atoms with Crippen LogP contribution in [0.2, 0.25) is 0 Å². The smallest absolute Gasteiger partial charge is 0.239 e. The molecule has 0 aromatic carbocycles. The highest BCUT2D eigenvalue weighted by Gasteiger charge is 2.05. The summed E-state index contributed by atoms with van der Waals surface area (Å²) in [4.78, 5) is 17.9. The molecule has 2 rings (SSSR count). The van der Waals surface area contributed by atoms with Gasteiger partial charge in [0, 0.05) is 18.5 Å². The average Bonchev–Trinajstić information content (AvgIpc) is 2.53. The molecule has 0 radical (unpaired) electrons. The van der Waals surface area contributed by atoms with E-state index in [1.165, 1.54) is 6.07 Å². The molecule has 2 aromatic rings. The number of H-pyrrole nitrogens is 2. The number of nitrogens with one attached hydrogen (secondary N) is 2. The van der Waals surface area contributed by atoms with Crippen LogP contribution in [-0.4, -0.2) is 20.2 Å². The summed E-state index contributed by atoms with van der Waals surface area (Å²) in [6.45, 7) is 0. The molecule has 0 aliphatic carbocycles. The van der Waals surface area contributed by atoms with Gasteiger partial charge in [-0.3, -0.25) is 9.89 Å². The van der Waals surface area contributed by atoms with Gasteiger partial charge in [-0.2, -0.15) is 4.98 Å². The van der Waals surface area contributed by atoms with Gasteiger partial charge in [0.2, 0.25) is 5.95 Å². The van der Waals surface area contributed by atoms with Gasteiger partial charge in [-0.1, -0.05) is 0 Å². The Kier molecular flexibility index (Phi) is 1.59. The molecule has 0 saturated heterocycles. The first-order valence-electron chi connectivity index (χ1n) is 3.63. The van der Waals surface area contributed by atoms with Crippen LogP contribution in [0.3, 0.4) is 0 Å². The molecule has 13 heavy (non-hydrogen) atoms. The normalized spacial score (nSPS) is 10.2. The van der Waals surface area contributed by atoms with Crippen LogP contribution in [0.25, 0.3) is 11.4 Å². The Hall–Kier alpha value is -2.11. The lowest BCUT2D eigenvalue weighted by Crippen LogP contribution is -2.03. The Bertz CT molecular complexity index is 471. The van der Waals surface area contributed by atoms with E-state index < -0.39 is 0 Å². The fourth-order valence-electron chi connectivity index (χ4n) is 0.996. The highest BCUT2D eigenvalue weighted by Crippen LogP contribution is 2.07. The maximum Gasteiger partial charge on any atom is 0.239 e. The van der Waals surface area contributed by atoms with E-state index in [0.29, 0.717) is 11.4 Å². The third-order valence-corrected chi connectivity index (χ3v) is 1.58. The van der Waals surface area contributed by atoms with Crippen LogP contribution < -0.4 is 11.2 Å². The number of aromatic nitrogens is 4. The van der Waals surface area contributed by atoms with Gasteiger partial charge in [-0.25, -0.2) is 0 Å². The topological polar surface area (TPSA) is 100 Å². The van der Waals surface area contributed by atoms with Crippen LogP contribution in [-0.2, 0) is 0 Å². The first-order valence-corrected chi connectivity index (χ1v) is 3.63. The average molecular weight is 177 g/mol. The summed E-state index contributed by atoms with van der Waals surface area (Å²) in [7, 11) is 0. The van der Waals surface area contributed by atoms with Crippen molar-refractivity contribution in [2.75, 3.05) is 5.73 Å². The lowest BCUT2D eigenvalue weighted by Gasteiger charge is -1.91. The van der Waals surface area contributed by atoms with Crippen molar-refractivity contribution in [1.29, 1.82) is 0 Å². The second-order valence-electron chi connectivity index (χ2n) is 2.46. The molecule has 6 nitrogen and oxygen atoms in total. The third kappa shape index (κ3) is 1.28. The lowest BCUT2D eigenvalue weighted by atomic mass is 10.3. The molecule has 0 saturated carbocycles. The highest BCUT2D eigenvalue weighted by molar-refractivity contribution is 5.53. The minimum atomic E-state index is -0.130. The maximum atomic E-state index is 11.3. The molecule has 2 heterocycles. The number of hydrogen-bond donors (Lipinski definition) is 3. The summed E-state index contributed by atoms with van der Waals surface area (Å²) in [6, 6.07) is 1.41. The largest absolute Gasteiger partial charge is 0.367 e. The summed E-state index contributed by atoms with van der Waals surface area (Å²) in [5.74, 6) is 0.498. The number of aromatic amines is 2. The molecule has 0 aliphatic rings. The van der Waals surface area contributed by atoms with Crippen molar-refractivity contribution < 1.29 is 0 Å². The van der Waals surface area contributed by atoms with Crippen LogP contribution in [0.5, 0.6) is 0 Å². The molecule has 0 unspecified atom stereocenters. The van der Waals surface area contributed by atoms with Crippen molar-refractivity contribution in [3.63, 3.8) is 0 Å². The number of nitrogen functional groups attached to an aromatic ring is 1. The zero-order valence-corrected chi connectivity index (χ0v) is 6.61. The second-order valence-corrected chi connectivity index (χ2v) is 2.46. The van der Waals surface area contributed by atoms with E-state index in [1.807, 2.05) is 0 Å². The Morgan fingerprint density at radius 1 is 1.46 bits per heavy atom. The first kappa shape index (κ1) is 7.53. The molecule has 0 spiro atoms. The van der Waals surface area contributed by atoms with Gasteiger partial charge in [0.1, 0.15) is 0 Å². The van der Waals surface area contributed by atoms with E-state index in [1.54, 1.807) is 12.4 Å². The Morgan fingerprint density at radius 2 is 2.31 bits per heavy atom. The summed E-state index contributed by atoms with van der Waals surface area (Å²) in [5, 5.41) is 6.18. The molecular formula is C7H7N5O. The van der Waals surface area contributed by atoms with E-state index >= 15 is 0 Å². The van der Waals surface area contributed by atoms with Gasteiger partial charge >= 0.3 is 0 Å². The molecule has 0 fully saturated rings. The van der Waals surface area contributed by atoms with Crippen LogP contribution >= 0.6 is 0 Å². The number of pyridine rings is 1. The van der Waals surface area contributed by atoms with Gasteiger partial charge in [0.05, 0.1) is 5.56 Å². The molecule has 0 atom stereocenters. The van der Waals surface area contributed by atoms with E-state index in [-0.39, 0.29) is 11.4 Å². The van der Waals surface area contributed by atoms with E-state index in [9.17, 15) is 4.79 Å². The fraction of sp³-hybridized carbons (Fsp3) is 0. The summed E-state index contributed by atoms with van der Waals surface area (Å²) in [6.07, 6.45) is 3.09. The van der Waals surface area contributed by atoms with Crippen LogP contribution in [0.15, 0.2) is 23.3 Å². The SMILES string of the molecule is Nc1n[nH]c(-c2c[nH]ccc2=O)n1. The van der Waals surface area contributed by atoms with Gasteiger partial charge in [-0.05, 0) is 0 Å². The summed E-state index contributed by atoms with van der Waals surface area (Å²) >= 11 is 0. The maximum absolute atomic E-state index is 11.3. The number of hydrogen-bond acceptors (Lipinski definition) is 4. The number of rotatable bonds is 1. The molecule has 4 N–H and O–H groups in total. The minimum Gasteiger partial charge on any atom is -0.367 e. The Balaban J connectivity index is 2.59. The van der Waals surface area contributed by atoms with Crippen molar-refractivity contribution >= 4 is 5.95 Å². The quantitative estimate of drug-likeness (QED) is 0.558. The van der Waals surface area contributed by atoms with E-state index in [4.69, 9.17) is 5.73 Å². The van der Waals surface area contributed by atoms with Crippen molar-refractivity contribution in [2.24, 2.45) is 0 Å². The Labute approximate surface area is 72.8 Å². The molecule has 0 amide bonds. The predicted octanol–water partition coefficient (Wildman–Crippen LogP) is -0.258. The van der Waals surface area contributed by atoms with Crippen LogP contribution in [0.1, 0.15) is 0 Å². The summed E-state index contributed by atoms with van der Waals surface area (Å²) < 4.78 is 0. The number of nitrogens with zero attached hydrogens (tertiary/aromatic N) is 2. The highest BCUT2D eigenvalue weighted by atomic mass is 16.1. The number of nitrogens with two attached hydrogens (primary N) is 1. The Morgan fingerprint density at radius 3 is 2.92 bits per heavy atom. The molecular weight excluding hydrogens is 170 g/mol. The van der Waals surface area contributed by atoms with Gasteiger partial charge in [-0.15, -0.1) is 5.10 Å². The first-order chi connectivity index (χ1) is 6.27. The van der Waals surface area contributed by atoms with Crippen molar-refractivity contribution in [3.8, 4) is 11.4 Å². The minimum absolute atomic E-state index is 0.123. The molecule has 0 aliphatic heterocycles. The van der Waals surface area contributed by atoms with Crippen LogP contribution in [0.4, 0.5) is 5.95 Å². The molecule has 66 valence electrons. The summed E-state index contributed by atoms with van der Waals surface area (Å²) in [5.41, 5.74) is 5.59. The monoisotopic (exact) mass is 177 g/mol.